The Hall–Kier alpha value is -2.65. The predicted molar refractivity (Wildman–Crippen MR) is 131 cm³/mol. The molecule has 3 aromatic rings. The molecule has 31 heavy (non-hydrogen) atoms. The van der Waals surface area contributed by atoms with Crippen molar-refractivity contribution in [2.45, 2.75) is 9.79 Å². The zero-order chi connectivity index (χ0) is 22.0. The number of anilines is 1. The first kappa shape index (κ1) is 21.6. The van der Waals surface area contributed by atoms with Gasteiger partial charge in [-0.3, -0.25) is 19.8 Å². The van der Waals surface area contributed by atoms with Crippen molar-refractivity contribution < 1.29 is 9.72 Å². The van der Waals surface area contributed by atoms with E-state index < -0.39 is 4.92 Å². The molecule has 0 aliphatic carbocycles. The van der Waals surface area contributed by atoms with Crippen molar-refractivity contribution in [2.24, 2.45) is 0 Å². The third-order valence-corrected chi connectivity index (χ3v) is 6.97. The van der Waals surface area contributed by atoms with Gasteiger partial charge in [0.2, 0.25) is 0 Å². The lowest BCUT2D eigenvalue weighted by Crippen LogP contribution is -2.27. The standard InChI is InChI=1S/C22H13ClN2O3S3/c23-17-8-4-5-9-19(17)24-21(26)20(31-22(24)29)13-14-12-16(10-11-18(14)25(27)28)30-15-6-2-1-3-7-15/h1-13H/b20-13+. The molecule has 3 aromatic carbocycles. The summed E-state index contributed by atoms with van der Waals surface area (Å²) in [7, 11) is 0. The molecule has 0 aromatic heterocycles. The van der Waals surface area contributed by atoms with E-state index in [-0.39, 0.29) is 11.6 Å². The Morgan fingerprint density at radius 2 is 1.74 bits per heavy atom. The van der Waals surface area contributed by atoms with Crippen LogP contribution in [0.3, 0.4) is 0 Å². The lowest BCUT2D eigenvalue weighted by atomic mass is 10.1. The van der Waals surface area contributed by atoms with Crippen LogP contribution in [0, 0.1) is 10.1 Å². The summed E-state index contributed by atoms with van der Waals surface area (Å²) in [5, 5.41) is 12.0. The van der Waals surface area contributed by atoms with Crippen LogP contribution >= 0.6 is 47.3 Å². The lowest BCUT2D eigenvalue weighted by molar-refractivity contribution is -0.385. The number of amides is 1. The molecule has 0 saturated carbocycles. The SMILES string of the molecule is O=C1/C(=C\c2cc(Sc3ccccc3)ccc2[N+](=O)[O-])SC(=S)N1c1ccccc1Cl. The van der Waals surface area contributed by atoms with E-state index in [1.165, 1.54) is 28.8 Å². The van der Waals surface area contributed by atoms with Crippen LogP contribution in [-0.2, 0) is 4.79 Å². The fraction of sp³-hybridized carbons (Fsp3) is 0. The van der Waals surface area contributed by atoms with Crippen molar-refractivity contribution in [3.8, 4) is 0 Å². The van der Waals surface area contributed by atoms with Crippen LogP contribution < -0.4 is 4.90 Å². The second kappa shape index (κ2) is 9.23. The molecule has 1 aliphatic rings. The number of thiocarbonyl (C=S) groups is 1. The fourth-order valence-electron chi connectivity index (χ4n) is 2.95. The largest absolute Gasteiger partial charge is 0.276 e. The van der Waals surface area contributed by atoms with E-state index in [1.807, 2.05) is 30.3 Å². The normalized spacial score (nSPS) is 15.0. The summed E-state index contributed by atoms with van der Waals surface area (Å²) < 4.78 is 0.321. The van der Waals surface area contributed by atoms with Crippen LogP contribution in [0.15, 0.2) is 87.5 Å². The number of thioether (sulfide) groups is 1. The van der Waals surface area contributed by atoms with Gasteiger partial charge in [0.05, 0.1) is 26.1 Å². The summed E-state index contributed by atoms with van der Waals surface area (Å²) in [5.74, 6) is -0.362. The molecule has 9 heteroatoms. The van der Waals surface area contributed by atoms with E-state index in [9.17, 15) is 14.9 Å². The Morgan fingerprint density at radius 1 is 1.03 bits per heavy atom. The topological polar surface area (TPSA) is 63.4 Å². The third kappa shape index (κ3) is 4.67. The quantitative estimate of drug-likeness (QED) is 0.171. The maximum Gasteiger partial charge on any atom is 0.276 e. The van der Waals surface area contributed by atoms with Crippen molar-refractivity contribution in [3.05, 3.63) is 98.4 Å². The molecule has 0 radical (unpaired) electrons. The van der Waals surface area contributed by atoms with E-state index in [1.54, 1.807) is 36.4 Å². The molecule has 1 amide bonds. The lowest BCUT2D eigenvalue weighted by Gasteiger charge is -2.15. The van der Waals surface area contributed by atoms with Gasteiger partial charge in [0.25, 0.3) is 11.6 Å². The van der Waals surface area contributed by atoms with Gasteiger partial charge in [0.1, 0.15) is 0 Å². The number of nitro groups is 1. The average molecular weight is 485 g/mol. The molecule has 1 fully saturated rings. The summed E-state index contributed by atoms with van der Waals surface area (Å²) in [6.45, 7) is 0. The molecule has 4 rings (SSSR count). The first-order valence-corrected chi connectivity index (χ1v) is 11.4. The Morgan fingerprint density at radius 3 is 2.45 bits per heavy atom. The maximum absolute atomic E-state index is 13.0. The van der Waals surface area contributed by atoms with E-state index in [0.717, 1.165) is 21.6 Å². The van der Waals surface area contributed by atoms with Gasteiger partial charge >= 0.3 is 0 Å². The number of para-hydroxylation sites is 1. The van der Waals surface area contributed by atoms with E-state index in [2.05, 4.69) is 0 Å². The number of carbonyl (C=O) groups is 1. The van der Waals surface area contributed by atoms with Crippen LogP contribution in [0.1, 0.15) is 5.56 Å². The molecule has 1 heterocycles. The summed E-state index contributed by atoms with van der Waals surface area (Å²) in [4.78, 5) is 27.6. The van der Waals surface area contributed by atoms with Crippen LogP contribution in [0.4, 0.5) is 11.4 Å². The third-order valence-electron chi connectivity index (χ3n) is 4.35. The first-order chi connectivity index (χ1) is 14.9. The Kier molecular flexibility index (Phi) is 6.43. The molecule has 0 atom stereocenters. The summed E-state index contributed by atoms with van der Waals surface area (Å²) in [6, 6.07) is 21.4. The van der Waals surface area contributed by atoms with Crippen LogP contribution in [0.25, 0.3) is 6.08 Å². The highest BCUT2D eigenvalue weighted by Gasteiger charge is 2.34. The fourth-order valence-corrected chi connectivity index (χ4v) is 5.34. The Labute approximate surface area is 197 Å². The number of nitro benzene ring substituents is 1. The Bertz CT molecular complexity index is 1230. The van der Waals surface area contributed by atoms with Gasteiger partial charge in [0.15, 0.2) is 4.32 Å². The van der Waals surface area contributed by atoms with Crippen molar-refractivity contribution in [1.29, 1.82) is 0 Å². The van der Waals surface area contributed by atoms with Gasteiger partial charge in [-0.2, -0.15) is 0 Å². The van der Waals surface area contributed by atoms with Crippen molar-refractivity contribution >= 4 is 75.0 Å². The van der Waals surface area contributed by atoms with Crippen molar-refractivity contribution in [1.82, 2.24) is 0 Å². The molecular formula is C22H13ClN2O3S3. The molecule has 0 spiro atoms. The van der Waals surface area contributed by atoms with E-state index >= 15 is 0 Å². The number of rotatable bonds is 5. The van der Waals surface area contributed by atoms with Gasteiger partial charge in [-0.1, -0.05) is 77.7 Å². The van der Waals surface area contributed by atoms with E-state index in [0.29, 0.717) is 25.5 Å². The zero-order valence-electron chi connectivity index (χ0n) is 15.7. The number of benzene rings is 3. The Balaban J connectivity index is 1.71. The first-order valence-electron chi connectivity index (χ1n) is 8.98. The van der Waals surface area contributed by atoms with Crippen molar-refractivity contribution in [3.63, 3.8) is 0 Å². The second-order valence-electron chi connectivity index (χ2n) is 6.36. The van der Waals surface area contributed by atoms with Crippen LogP contribution in [-0.4, -0.2) is 15.2 Å². The van der Waals surface area contributed by atoms with Gasteiger partial charge in [-0.25, -0.2) is 0 Å². The molecule has 1 saturated heterocycles. The minimum absolute atomic E-state index is 0.0829. The molecule has 1 aliphatic heterocycles. The van der Waals surface area contributed by atoms with Crippen molar-refractivity contribution in [2.75, 3.05) is 4.90 Å². The minimum Gasteiger partial charge on any atom is -0.268 e. The highest BCUT2D eigenvalue weighted by atomic mass is 35.5. The minimum atomic E-state index is -0.461. The maximum atomic E-state index is 13.0. The molecular weight excluding hydrogens is 472 g/mol. The molecule has 5 nitrogen and oxygen atoms in total. The molecule has 0 N–H and O–H groups in total. The predicted octanol–water partition coefficient (Wildman–Crippen LogP) is 6.81. The number of halogens is 1. The van der Waals surface area contributed by atoms with Gasteiger partial charge in [-0.15, -0.1) is 0 Å². The highest BCUT2D eigenvalue weighted by Crippen LogP contribution is 2.40. The molecule has 0 unspecified atom stereocenters. The highest BCUT2D eigenvalue weighted by molar-refractivity contribution is 8.27. The van der Waals surface area contributed by atoms with Crippen LogP contribution in [0.5, 0.6) is 0 Å². The van der Waals surface area contributed by atoms with Gasteiger partial charge in [0, 0.05) is 15.9 Å². The second-order valence-corrected chi connectivity index (χ2v) is 9.59. The van der Waals surface area contributed by atoms with E-state index in [4.69, 9.17) is 23.8 Å². The monoisotopic (exact) mass is 484 g/mol. The number of nitrogens with zero attached hydrogens (tertiary/aromatic N) is 2. The summed E-state index contributed by atoms with van der Waals surface area (Å²) in [6.07, 6.45) is 1.52. The zero-order valence-corrected chi connectivity index (χ0v) is 18.9. The summed E-state index contributed by atoms with van der Waals surface area (Å²) in [5.41, 5.74) is 0.740. The molecule has 0 bridgehead atoms. The number of carbonyl (C=O) groups excluding carboxylic acids is 1. The smallest absolute Gasteiger partial charge is 0.268 e. The average Bonchev–Trinajstić information content (AvgIpc) is 3.02. The van der Waals surface area contributed by atoms with Gasteiger partial charge in [-0.05, 0) is 42.5 Å². The number of hydrogen-bond acceptors (Lipinski definition) is 6. The van der Waals surface area contributed by atoms with Gasteiger partial charge < -0.3 is 0 Å². The van der Waals surface area contributed by atoms with Crippen LogP contribution in [0.2, 0.25) is 5.02 Å². The summed E-state index contributed by atoms with van der Waals surface area (Å²) >= 11 is 14.2. The number of hydrogen-bond donors (Lipinski definition) is 0. The molecule has 154 valence electrons.